The molecule has 1 amide bonds. The van der Waals surface area contributed by atoms with Crippen molar-refractivity contribution in [3.8, 4) is 0 Å². The van der Waals surface area contributed by atoms with Gasteiger partial charge in [0.1, 0.15) is 0 Å². The van der Waals surface area contributed by atoms with E-state index in [1.807, 2.05) is 11.9 Å². The van der Waals surface area contributed by atoms with Crippen molar-refractivity contribution >= 4 is 5.91 Å². The van der Waals surface area contributed by atoms with Crippen LogP contribution in [0.25, 0.3) is 0 Å². The number of likely N-dealkylation sites (N-methyl/N-ethyl adjacent to an activating group) is 1. The van der Waals surface area contributed by atoms with Gasteiger partial charge in [0.15, 0.2) is 0 Å². The lowest BCUT2D eigenvalue weighted by Gasteiger charge is -2.28. The number of allylic oxidation sites excluding steroid dienone is 2. The Labute approximate surface area is 72.6 Å². The molecule has 0 bridgehead atoms. The van der Waals surface area contributed by atoms with Crippen LogP contribution in [0.4, 0.5) is 0 Å². The first-order valence-corrected chi connectivity index (χ1v) is 4.39. The van der Waals surface area contributed by atoms with E-state index in [1.165, 1.54) is 11.1 Å². The summed E-state index contributed by atoms with van der Waals surface area (Å²) in [7, 11) is 1.88. The lowest BCUT2D eigenvalue weighted by atomic mass is 9.92. The van der Waals surface area contributed by atoms with Crippen LogP contribution in [0, 0.1) is 0 Å². The maximum Gasteiger partial charge on any atom is 0.227 e. The Morgan fingerprint density at radius 3 is 3.17 bits per heavy atom. The highest BCUT2D eigenvalue weighted by atomic mass is 16.2. The van der Waals surface area contributed by atoms with E-state index in [0.717, 1.165) is 19.4 Å². The molecule has 0 saturated carbocycles. The van der Waals surface area contributed by atoms with Gasteiger partial charge in [-0.3, -0.25) is 4.79 Å². The molecule has 1 aliphatic heterocycles. The largest absolute Gasteiger partial charge is 0.341 e. The Bertz CT molecular complexity index is 276. The van der Waals surface area contributed by atoms with Crippen LogP contribution in [-0.2, 0) is 4.79 Å². The fraction of sp³-hybridized carbons (Fsp3) is 0.500. The van der Waals surface area contributed by atoms with Gasteiger partial charge in [-0.1, -0.05) is 12.2 Å². The summed E-state index contributed by atoms with van der Waals surface area (Å²) in [4.78, 5) is 13.1. The van der Waals surface area contributed by atoms with Gasteiger partial charge < -0.3 is 4.90 Å². The predicted octanol–water partition coefficient (Wildman–Crippen LogP) is 1.50. The first-order chi connectivity index (χ1) is 5.77. The highest BCUT2D eigenvalue weighted by Gasteiger charge is 2.21. The average molecular weight is 163 g/mol. The van der Waals surface area contributed by atoms with Gasteiger partial charge in [-0.25, -0.2) is 0 Å². The molecule has 0 aromatic carbocycles. The maximum atomic E-state index is 11.3. The minimum absolute atomic E-state index is 0.250. The van der Waals surface area contributed by atoms with Crippen molar-refractivity contribution in [1.82, 2.24) is 4.90 Å². The fourth-order valence-electron chi connectivity index (χ4n) is 1.80. The van der Waals surface area contributed by atoms with Crippen LogP contribution in [0.2, 0.25) is 0 Å². The van der Waals surface area contributed by atoms with Crippen LogP contribution in [0.15, 0.2) is 23.3 Å². The van der Waals surface area contributed by atoms with Crippen LogP contribution >= 0.6 is 0 Å². The molecule has 64 valence electrons. The number of rotatable bonds is 0. The summed E-state index contributed by atoms with van der Waals surface area (Å²) in [6.07, 6.45) is 7.17. The lowest BCUT2D eigenvalue weighted by Crippen LogP contribution is -2.33. The Hall–Kier alpha value is -1.05. The van der Waals surface area contributed by atoms with Gasteiger partial charge in [-0.05, 0) is 24.0 Å². The lowest BCUT2D eigenvalue weighted by molar-refractivity contribution is -0.129. The minimum Gasteiger partial charge on any atom is -0.341 e. The molecule has 0 aromatic heterocycles. The van der Waals surface area contributed by atoms with Crippen LogP contribution in [0.3, 0.4) is 0 Å². The van der Waals surface area contributed by atoms with Crippen molar-refractivity contribution in [2.24, 2.45) is 0 Å². The average Bonchev–Trinajstić information content (AvgIpc) is 2.07. The van der Waals surface area contributed by atoms with Gasteiger partial charge >= 0.3 is 0 Å². The normalized spacial score (nSPS) is 23.1. The van der Waals surface area contributed by atoms with E-state index in [1.54, 1.807) is 0 Å². The zero-order valence-electron chi connectivity index (χ0n) is 7.34. The molecule has 0 fully saturated rings. The van der Waals surface area contributed by atoms with Crippen molar-refractivity contribution in [1.29, 1.82) is 0 Å². The molecule has 0 aromatic rings. The number of carbonyl (C=O) groups excluding carboxylic acids is 1. The van der Waals surface area contributed by atoms with Gasteiger partial charge in [-0.15, -0.1) is 0 Å². The molecule has 0 N–H and O–H groups in total. The van der Waals surface area contributed by atoms with Crippen LogP contribution in [0.1, 0.15) is 19.3 Å². The topological polar surface area (TPSA) is 20.3 Å². The second-order valence-corrected chi connectivity index (χ2v) is 3.50. The third kappa shape index (κ3) is 1.17. The van der Waals surface area contributed by atoms with Crippen molar-refractivity contribution < 1.29 is 4.79 Å². The second kappa shape index (κ2) is 2.77. The van der Waals surface area contributed by atoms with E-state index in [2.05, 4.69) is 12.2 Å². The minimum atomic E-state index is 0.250. The Morgan fingerprint density at radius 1 is 1.50 bits per heavy atom. The third-order valence-corrected chi connectivity index (χ3v) is 2.58. The summed E-state index contributed by atoms with van der Waals surface area (Å²) in [5.41, 5.74) is 2.73. The van der Waals surface area contributed by atoms with Gasteiger partial charge in [-0.2, -0.15) is 0 Å². The highest BCUT2D eigenvalue weighted by molar-refractivity contribution is 5.81. The number of carbonyl (C=O) groups is 1. The molecular weight excluding hydrogens is 150 g/mol. The van der Waals surface area contributed by atoms with Gasteiger partial charge in [0.2, 0.25) is 5.91 Å². The smallest absolute Gasteiger partial charge is 0.227 e. The molecule has 2 nitrogen and oxygen atoms in total. The van der Waals surface area contributed by atoms with Crippen molar-refractivity contribution in [3.63, 3.8) is 0 Å². The fourth-order valence-corrected chi connectivity index (χ4v) is 1.80. The molecule has 0 radical (unpaired) electrons. The maximum absolute atomic E-state index is 11.3. The van der Waals surface area contributed by atoms with E-state index >= 15 is 0 Å². The van der Waals surface area contributed by atoms with Crippen LogP contribution in [0.5, 0.6) is 0 Å². The summed E-state index contributed by atoms with van der Waals surface area (Å²) in [5, 5.41) is 0. The second-order valence-electron chi connectivity index (χ2n) is 3.50. The third-order valence-electron chi connectivity index (χ3n) is 2.58. The van der Waals surface area contributed by atoms with E-state index in [-0.39, 0.29) is 5.91 Å². The summed E-state index contributed by atoms with van der Waals surface area (Å²) in [5.74, 6) is 0.250. The SMILES string of the molecule is CN1CC2=C(C=CCC2)CC1=O. The van der Waals surface area contributed by atoms with Crippen molar-refractivity contribution in [2.45, 2.75) is 19.3 Å². The molecular formula is C10H13NO. The van der Waals surface area contributed by atoms with Crippen LogP contribution < -0.4 is 0 Å². The molecule has 2 heteroatoms. The van der Waals surface area contributed by atoms with Gasteiger partial charge in [0, 0.05) is 13.6 Å². The first-order valence-electron chi connectivity index (χ1n) is 4.39. The molecule has 0 saturated heterocycles. The van der Waals surface area contributed by atoms with E-state index in [0.29, 0.717) is 6.42 Å². The summed E-state index contributed by atoms with van der Waals surface area (Å²) in [6.45, 7) is 0.846. The zero-order chi connectivity index (χ0) is 8.55. The molecule has 0 unspecified atom stereocenters. The molecule has 1 heterocycles. The summed E-state index contributed by atoms with van der Waals surface area (Å²) in [6, 6.07) is 0. The highest BCUT2D eigenvalue weighted by Crippen LogP contribution is 2.26. The molecule has 0 spiro atoms. The van der Waals surface area contributed by atoms with Gasteiger partial charge in [0.05, 0.1) is 6.42 Å². The number of hydrogen-bond acceptors (Lipinski definition) is 1. The number of nitrogens with zero attached hydrogens (tertiary/aromatic N) is 1. The molecule has 1 aliphatic carbocycles. The Kier molecular flexibility index (Phi) is 1.75. The van der Waals surface area contributed by atoms with Gasteiger partial charge in [0.25, 0.3) is 0 Å². The number of hydrogen-bond donors (Lipinski definition) is 0. The van der Waals surface area contributed by atoms with E-state index in [4.69, 9.17) is 0 Å². The van der Waals surface area contributed by atoms with E-state index < -0.39 is 0 Å². The van der Waals surface area contributed by atoms with Crippen molar-refractivity contribution in [2.75, 3.05) is 13.6 Å². The van der Waals surface area contributed by atoms with Crippen molar-refractivity contribution in [3.05, 3.63) is 23.3 Å². The molecule has 2 aliphatic rings. The standard InChI is InChI=1S/C10H13NO/c1-11-7-9-5-3-2-4-8(9)6-10(11)12/h2,4H,3,5-7H2,1H3. The predicted molar refractivity (Wildman–Crippen MR) is 47.7 cm³/mol. The van der Waals surface area contributed by atoms with E-state index in [9.17, 15) is 4.79 Å². The summed E-state index contributed by atoms with van der Waals surface area (Å²) >= 11 is 0. The number of amides is 1. The monoisotopic (exact) mass is 163 g/mol. The first kappa shape index (κ1) is 7.59. The molecule has 2 rings (SSSR count). The Morgan fingerprint density at radius 2 is 2.33 bits per heavy atom. The quantitative estimate of drug-likeness (QED) is 0.530. The molecule has 12 heavy (non-hydrogen) atoms. The summed E-state index contributed by atoms with van der Waals surface area (Å²) < 4.78 is 0. The van der Waals surface area contributed by atoms with Crippen LogP contribution in [-0.4, -0.2) is 24.4 Å². The zero-order valence-corrected chi connectivity index (χ0v) is 7.34. The molecule has 0 atom stereocenters. The Balaban J connectivity index is 2.27.